The minimum absolute atomic E-state index is 0.545. The molecule has 0 saturated heterocycles. The molecule has 1 aromatic carbocycles. The van der Waals surface area contributed by atoms with Gasteiger partial charge in [-0.25, -0.2) is 0 Å². The summed E-state index contributed by atoms with van der Waals surface area (Å²) in [6, 6.07) is 5.75. The first-order valence-corrected chi connectivity index (χ1v) is 5.76. The maximum atomic E-state index is 6.09. The lowest BCUT2D eigenvalue weighted by molar-refractivity contribution is 0.358. The van der Waals surface area contributed by atoms with E-state index in [0.29, 0.717) is 18.2 Å². The van der Waals surface area contributed by atoms with Crippen LogP contribution in [0, 0.1) is 0 Å². The molecule has 1 rings (SSSR count). The van der Waals surface area contributed by atoms with E-state index in [1.807, 2.05) is 38.1 Å². The third-order valence-electron chi connectivity index (χ3n) is 2.18. The van der Waals surface area contributed by atoms with Crippen LogP contribution in [0.3, 0.4) is 0 Å². The summed E-state index contributed by atoms with van der Waals surface area (Å²) in [5.41, 5.74) is 7.84. The highest BCUT2D eigenvalue weighted by Crippen LogP contribution is 2.28. The molecule has 0 amide bonds. The lowest BCUT2D eigenvalue weighted by Crippen LogP contribution is -2.06. The zero-order valence-corrected chi connectivity index (χ0v) is 10.6. The van der Waals surface area contributed by atoms with Crippen LogP contribution in [0.1, 0.15) is 19.4 Å². The molecule has 16 heavy (non-hydrogen) atoms. The minimum atomic E-state index is 0.545. The Bertz CT molecular complexity index is 370. The Morgan fingerprint density at radius 1 is 1.44 bits per heavy atom. The van der Waals surface area contributed by atoms with Gasteiger partial charge in [0.15, 0.2) is 0 Å². The van der Waals surface area contributed by atoms with Crippen molar-refractivity contribution in [2.24, 2.45) is 5.73 Å². The summed E-state index contributed by atoms with van der Waals surface area (Å²) >= 11 is 6.09. The molecule has 0 radical (unpaired) electrons. The van der Waals surface area contributed by atoms with Crippen molar-refractivity contribution in [1.29, 1.82) is 0 Å². The zero-order chi connectivity index (χ0) is 12.0. The molecule has 88 valence electrons. The van der Waals surface area contributed by atoms with Crippen LogP contribution >= 0.6 is 11.6 Å². The van der Waals surface area contributed by atoms with Gasteiger partial charge in [0.1, 0.15) is 12.4 Å². The molecule has 0 unspecified atom stereocenters. The van der Waals surface area contributed by atoms with Gasteiger partial charge in [0.2, 0.25) is 0 Å². The molecule has 0 atom stereocenters. The second kappa shape index (κ2) is 6.56. The number of para-hydroxylation sites is 1. The monoisotopic (exact) mass is 239 g/mol. The molecule has 2 nitrogen and oxygen atoms in total. The van der Waals surface area contributed by atoms with Crippen LogP contribution < -0.4 is 10.5 Å². The van der Waals surface area contributed by atoms with E-state index in [2.05, 4.69) is 0 Å². The molecule has 0 aromatic heterocycles. The van der Waals surface area contributed by atoms with Crippen molar-refractivity contribution in [3.63, 3.8) is 0 Å². The van der Waals surface area contributed by atoms with Gasteiger partial charge in [0.05, 0.1) is 5.02 Å². The fraction of sp³-hybridized carbons (Fsp3) is 0.385. The van der Waals surface area contributed by atoms with Crippen LogP contribution in [0.5, 0.6) is 5.75 Å². The molecule has 0 spiro atoms. The first kappa shape index (κ1) is 13.1. The molecule has 0 aliphatic heterocycles. The van der Waals surface area contributed by atoms with Crippen molar-refractivity contribution in [1.82, 2.24) is 0 Å². The summed E-state index contributed by atoms with van der Waals surface area (Å²) in [6.07, 6.45) is 2.81. The number of allylic oxidation sites excluding steroid dienone is 1. The molecular formula is C13H18ClNO. The van der Waals surface area contributed by atoms with Crippen LogP contribution in [0.4, 0.5) is 0 Å². The van der Waals surface area contributed by atoms with Crippen LogP contribution in [0.15, 0.2) is 29.8 Å². The van der Waals surface area contributed by atoms with E-state index in [4.69, 9.17) is 22.1 Å². The summed E-state index contributed by atoms with van der Waals surface area (Å²) in [6.45, 7) is 5.22. The normalized spacial score (nSPS) is 10.0. The Labute approximate surface area is 102 Å². The first-order chi connectivity index (χ1) is 7.65. The van der Waals surface area contributed by atoms with Gasteiger partial charge in [0, 0.05) is 0 Å². The highest BCUT2D eigenvalue weighted by molar-refractivity contribution is 6.32. The van der Waals surface area contributed by atoms with Gasteiger partial charge >= 0.3 is 0 Å². The van der Waals surface area contributed by atoms with E-state index in [0.717, 1.165) is 17.7 Å². The number of ether oxygens (including phenoxy) is 1. The topological polar surface area (TPSA) is 35.2 Å². The predicted octanol–water partition coefficient (Wildman–Crippen LogP) is 3.19. The molecule has 0 saturated carbocycles. The SMILES string of the molecule is CC(C)=CCOc1c(Cl)cccc1CCN. The predicted molar refractivity (Wildman–Crippen MR) is 69.1 cm³/mol. The number of halogens is 1. The Morgan fingerprint density at radius 3 is 2.81 bits per heavy atom. The molecule has 3 heteroatoms. The Morgan fingerprint density at radius 2 is 2.19 bits per heavy atom. The number of nitrogens with two attached hydrogens (primary N) is 1. The van der Waals surface area contributed by atoms with Crippen molar-refractivity contribution < 1.29 is 4.74 Å². The molecule has 0 aliphatic rings. The Hall–Kier alpha value is -0.990. The fourth-order valence-corrected chi connectivity index (χ4v) is 1.61. The van der Waals surface area contributed by atoms with E-state index in [1.54, 1.807) is 0 Å². The quantitative estimate of drug-likeness (QED) is 0.801. The van der Waals surface area contributed by atoms with Crippen LogP contribution in [-0.4, -0.2) is 13.2 Å². The van der Waals surface area contributed by atoms with E-state index >= 15 is 0 Å². The average molecular weight is 240 g/mol. The van der Waals surface area contributed by atoms with Gasteiger partial charge in [0.25, 0.3) is 0 Å². The number of benzene rings is 1. The van der Waals surface area contributed by atoms with Gasteiger partial charge < -0.3 is 10.5 Å². The average Bonchev–Trinajstić information content (AvgIpc) is 2.22. The number of hydrogen-bond acceptors (Lipinski definition) is 2. The number of rotatable bonds is 5. The van der Waals surface area contributed by atoms with Crippen LogP contribution in [-0.2, 0) is 6.42 Å². The lowest BCUT2D eigenvalue weighted by Gasteiger charge is -2.11. The Balaban J connectivity index is 2.79. The first-order valence-electron chi connectivity index (χ1n) is 5.38. The summed E-state index contributed by atoms with van der Waals surface area (Å²) in [7, 11) is 0. The van der Waals surface area contributed by atoms with Crippen LogP contribution in [0.2, 0.25) is 5.02 Å². The van der Waals surface area contributed by atoms with Gasteiger partial charge in [-0.3, -0.25) is 0 Å². The summed E-state index contributed by atoms with van der Waals surface area (Å²) < 4.78 is 5.67. The molecule has 2 N–H and O–H groups in total. The zero-order valence-electron chi connectivity index (χ0n) is 9.79. The lowest BCUT2D eigenvalue weighted by atomic mass is 10.1. The van der Waals surface area contributed by atoms with E-state index in [9.17, 15) is 0 Å². The highest BCUT2D eigenvalue weighted by atomic mass is 35.5. The van der Waals surface area contributed by atoms with E-state index in [-0.39, 0.29) is 0 Å². The third kappa shape index (κ3) is 3.87. The van der Waals surface area contributed by atoms with Crippen molar-refractivity contribution in [2.45, 2.75) is 20.3 Å². The van der Waals surface area contributed by atoms with Gasteiger partial charge in [-0.05, 0) is 44.5 Å². The fourth-order valence-electron chi connectivity index (χ4n) is 1.36. The molecular weight excluding hydrogens is 222 g/mol. The Kier molecular flexibility index (Phi) is 5.36. The van der Waals surface area contributed by atoms with Gasteiger partial charge in [-0.2, -0.15) is 0 Å². The van der Waals surface area contributed by atoms with Gasteiger partial charge in [-0.1, -0.05) is 29.3 Å². The number of hydrogen-bond donors (Lipinski definition) is 1. The summed E-state index contributed by atoms with van der Waals surface area (Å²) in [4.78, 5) is 0. The molecule has 0 fully saturated rings. The second-order valence-electron chi connectivity index (χ2n) is 3.86. The largest absolute Gasteiger partial charge is 0.488 e. The van der Waals surface area contributed by atoms with E-state index < -0.39 is 0 Å². The maximum Gasteiger partial charge on any atom is 0.141 e. The molecule has 1 aromatic rings. The molecule has 0 aliphatic carbocycles. The second-order valence-corrected chi connectivity index (χ2v) is 4.27. The molecule has 0 heterocycles. The highest BCUT2D eigenvalue weighted by Gasteiger charge is 2.06. The summed E-state index contributed by atoms with van der Waals surface area (Å²) in [5, 5.41) is 0.646. The molecule has 0 bridgehead atoms. The van der Waals surface area contributed by atoms with Gasteiger partial charge in [-0.15, -0.1) is 0 Å². The smallest absolute Gasteiger partial charge is 0.141 e. The van der Waals surface area contributed by atoms with Crippen molar-refractivity contribution in [2.75, 3.05) is 13.2 Å². The van der Waals surface area contributed by atoms with E-state index in [1.165, 1.54) is 5.57 Å². The van der Waals surface area contributed by atoms with Crippen molar-refractivity contribution in [3.8, 4) is 5.75 Å². The third-order valence-corrected chi connectivity index (χ3v) is 2.48. The van der Waals surface area contributed by atoms with Crippen molar-refractivity contribution in [3.05, 3.63) is 40.4 Å². The van der Waals surface area contributed by atoms with Crippen molar-refractivity contribution >= 4 is 11.6 Å². The maximum absolute atomic E-state index is 6.09. The summed E-state index contributed by atoms with van der Waals surface area (Å²) in [5.74, 6) is 0.757. The standard InChI is InChI=1S/C13H18ClNO/c1-10(2)7-9-16-13-11(6-8-15)4-3-5-12(13)14/h3-5,7H,6,8-9,15H2,1-2H3. The van der Waals surface area contributed by atoms with Crippen LogP contribution in [0.25, 0.3) is 0 Å². The minimum Gasteiger partial charge on any atom is -0.488 e.